The molecule has 0 bridgehead atoms. The van der Waals surface area contributed by atoms with Crippen molar-refractivity contribution in [2.24, 2.45) is 0 Å². The zero-order valence-corrected chi connectivity index (χ0v) is 14.2. The highest BCUT2D eigenvalue weighted by Gasteiger charge is 2.24. The van der Waals surface area contributed by atoms with Crippen LogP contribution in [-0.2, 0) is 17.8 Å². The molecule has 0 saturated heterocycles. The molecular formula is C20H28N2O. The monoisotopic (exact) mass is 312 g/mol. The molecule has 1 N–H and O–H groups in total. The Kier molecular flexibility index (Phi) is 5.50. The molecular weight excluding hydrogens is 284 g/mol. The molecule has 1 heterocycles. The Morgan fingerprint density at radius 3 is 2.83 bits per heavy atom. The number of amides is 1. The van der Waals surface area contributed by atoms with Crippen LogP contribution in [0.5, 0.6) is 0 Å². The van der Waals surface area contributed by atoms with Crippen LogP contribution in [0.2, 0.25) is 0 Å². The summed E-state index contributed by atoms with van der Waals surface area (Å²) in [5.41, 5.74) is 4.32. The van der Waals surface area contributed by atoms with Gasteiger partial charge in [0, 0.05) is 19.6 Å². The van der Waals surface area contributed by atoms with Crippen LogP contribution in [0.15, 0.2) is 35.9 Å². The average molecular weight is 312 g/mol. The van der Waals surface area contributed by atoms with Crippen LogP contribution in [0.4, 0.5) is 0 Å². The molecule has 0 fully saturated rings. The minimum Gasteiger partial charge on any atom is -0.354 e. The highest BCUT2D eigenvalue weighted by Crippen LogP contribution is 2.21. The Bertz CT molecular complexity index is 579. The van der Waals surface area contributed by atoms with E-state index in [-0.39, 0.29) is 11.9 Å². The number of allylic oxidation sites excluding steroid dienone is 1. The number of rotatable bonds is 5. The van der Waals surface area contributed by atoms with Gasteiger partial charge in [0.25, 0.3) is 0 Å². The summed E-state index contributed by atoms with van der Waals surface area (Å²) in [5, 5.41) is 3.13. The van der Waals surface area contributed by atoms with Crippen molar-refractivity contribution in [3.05, 3.63) is 47.0 Å². The largest absolute Gasteiger partial charge is 0.354 e. The lowest BCUT2D eigenvalue weighted by atomic mass is 9.97. The first-order valence-electron chi connectivity index (χ1n) is 9.00. The highest BCUT2D eigenvalue weighted by atomic mass is 16.2. The van der Waals surface area contributed by atoms with E-state index in [1.165, 1.54) is 42.4 Å². The van der Waals surface area contributed by atoms with E-state index in [2.05, 4.69) is 40.6 Å². The van der Waals surface area contributed by atoms with Crippen LogP contribution in [0.25, 0.3) is 0 Å². The van der Waals surface area contributed by atoms with Gasteiger partial charge in [0.15, 0.2) is 0 Å². The molecule has 1 amide bonds. The number of nitrogens with zero attached hydrogens (tertiary/aromatic N) is 1. The van der Waals surface area contributed by atoms with Crippen LogP contribution < -0.4 is 5.32 Å². The van der Waals surface area contributed by atoms with Crippen molar-refractivity contribution < 1.29 is 4.79 Å². The summed E-state index contributed by atoms with van der Waals surface area (Å²) < 4.78 is 0. The molecule has 0 spiro atoms. The van der Waals surface area contributed by atoms with E-state index in [0.717, 1.165) is 32.5 Å². The molecule has 0 unspecified atom stereocenters. The standard InChI is InChI=1S/C20H28N2O/c1-16(20(23)21-13-11-17-7-3-2-4-8-17)22-14-12-18-9-5-6-10-19(18)15-22/h5-7,9-10,16H,2-4,8,11-15H2,1H3,(H,21,23)/t16-/m1/s1. The van der Waals surface area contributed by atoms with Gasteiger partial charge in [-0.2, -0.15) is 0 Å². The van der Waals surface area contributed by atoms with E-state index in [1.807, 2.05) is 6.92 Å². The van der Waals surface area contributed by atoms with Gasteiger partial charge in [0.2, 0.25) is 5.91 Å². The van der Waals surface area contributed by atoms with Gasteiger partial charge in [0.05, 0.1) is 6.04 Å². The molecule has 0 saturated carbocycles. The van der Waals surface area contributed by atoms with Crippen LogP contribution in [0, 0.1) is 0 Å². The first-order chi connectivity index (χ1) is 11.2. The maximum Gasteiger partial charge on any atom is 0.237 e. The molecule has 1 aromatic carbocycles. The van der Waals surface area contributed by atoms with Crippen molar-refractivity contribution in [2.75, 3.05) is 13.1 Å². The molecule has 23 heavy (non-hydrogen) atoms. The fourth-order valence-corrected chi connectivity index (χ4v) is 3.64. The maximum atomic E-state index is 12.4. The first kappa shape index (κ1) is 16.3. The lowest BCUT2D eigenvalue weighted by Gasteiger charge is -2.32. The van der Waals surface area contributed by atoms with Crippen molar-refractivity contribution in [2.45, 2.75) is 58.0 Å². The third-order valence-electron chi connectivity index (χ3n) is 5.22. The molecule has 1 aliphatic heterocycles. The second-order valence-electron chi connectivity index (χ2n) is 6.81. The minimum atomic E-state index is -0.0521. The van der Waals surface area contributed by atoms with E-state index < -0.39 is 0 Å². The molecule has 0 radical (unpaired) electrons. The SMILES string of the molecule is C[C@H](C(=O)NCCC1=CCCCC1)N1CCc2ccccc2C1. The number of hydrogen-bond acceptors (Lipinski definition) is 2. The van der Waals surface area contributed by atoms with Crippen LogP contribution in [0.3, 0.4) is 0 Å². The lowest BCUT2D eigenvalue weighted by Crippen LogP contribution is -2.47. The van der Waals surface area contributed by atoms with Crippen LogP contribution in [-0.4, -0.2) is 29.9 Å². The molecule has 3 rings (SSSR count). The second-order valence-corrected chi connectivity index (χ2v) is 6.81. The van der Waals surface area contributed by atoms with Gasteiger partial charge in [0.1, 0.15) is 0 Å². The number of benzene rings is 1. The smallest absolute Gasteiger partial charge is 0.237 e. The summed E-state index contributed by atoms with van der Waals surface area (Å²) >= 11 is 0. The van der Waals surface area contributed by atoms with E-state index in [4.69, 9.17) is 0 Å². The average Bonchev–Trinajstić information content (AvgIpc) is 2.61. The summed E-state index contributed by atoms with van der Waals surface area (Å²) in [5.74, 6) is 0.167. The second kappa shape index (κ2) is 7.78. The van der Waals surface area contributed by atoms with Gasteiger partial charge in [-0.1, -0.05) is 35.9 Å². The minimum absolute atomic E-state index is 0.0521. The number of nitrogens with one attached hydrogen (secondary N) is 1. The number of hydrogen-bond donors (Lipinski definition) is 1. The summed E-state index contributed by atoms with van der Waals surface area (Å²) in [7, 11) is 0. The van der Waals surface area contributed by atoms with Crippen molar-refractivity contribution in [1.82, 2.24) is 10.2 Å². The molecule has 2 aliphatic rings. The lowest BCUT2D eigenvalue weighted by molar-refractivity contribution is -0.126. The van der Waals surface area contributed by atoms with E-state index in [9.17, 15) is 4.79 Å². The Labute approximate surface area is 139 Å². The van der Waals surface area contributed by atoms with E-state index in [0.29, 0.717) is 0 Å². The number of carbonyl (C=O) groups excluding carboxylic acids is 1. The van der Waals surface area contributed by atoms with Crippen molar-refractivity contribution in [3.63, 3.8) is 0 Å². The zero-order valence-electron chi connectivity index (χ0n) is 14.2. The zero-order chi connectivity index (χ0) is 16.1. The number of carbonyl (C=O) groups is 1. The quantitative estimate of drug-likeness (QED) is 0.845. The third-order valence-corrected chi connectivity index (χ3v) is 5.22. The normalized spacial score (nSPS) is 19.6. The Hall–Kier alpha value is -1.61. The summed E-state index contributed by atoms with van der Waals surface area (Å²) in [6, 6.07) is 8.52. The Balaban J connectivity index is 1.47. The fraction of sp³-hybridized carbons (Fsp3) is 0.550. The van der Waals surface area contributed by atoms with Gasteiger partial charge in [-0.25, -0.2) is 0 Å². The molecule has 124 valence electrons. The highest BCUT2D eigenvalue weighted by molar-refractivity contribution is 5.81. The molecule has 3 heteroatoms. The Morgan fingerprint density at radius 1 is 1.22 bits per heavy atom. The third kappa shape index (κ3) is 4.23. The predicted octanol–water partition coefficient (Wildman–Crippen LogP) is 3.44. The molecule has 1 atom stereocenters. The molecule has 1 aliphatic carbocycles. The van der Waals surface area contributed by atoms with Gasteiger partial charge in [-0.3, -0.25) is 9.69 Å². The number of fused-ring (bicyclic) bond motifs is 1. The van der Waals surface area contributed by atoms with E-state index in [1.54, 1.807) is 0 Å². The van der Waals surface area contributed by atoms with E-state index >= 15 is 0 Å². The van der Waals surface area contributed by atoms with Crippen molar-refractivity contribution in [3.8, 4) is 0 Å². The predicted molar refractivity (Wildman–Crippen MR) is 94.2 cm³/mol. The molecule has 1 aromatic rings. The van der Waals surface area contributed by atoms with Gasteiger partial charge >= 0.3 is 0 Å². The van der Waals surface area contributed by atoms with Gasteiger partial charge in [-0.05, 0) is 56.6 Å². The van der Waals surface area contributed by atoms with Crippen molar-refractivity contribution >= 4 is 5.91 Å². The topological polar surface area (TPSA) is 32.3 Å². The Morgan fingerprint density at radius 2 is 2.04 bits per heavy atom. The van der Waals surface area contributed by atoms with Gasteiger partial charge in [-0.15, -0.1) is 0 Å². The molecule has 0 aromatic heterocycles. The van der Waals surface area contributed by atoms with Crippen LogP contribution in [0.1, 0.15) is 50.2 Å². The van der Waals surface area contributed by atoms with Gasteiger partial charge < -0.3 is 5.32 Å². The summed E-state index contributed by atoms with van der Waals surface area (Å²) in [4.78, 5) is 14.7. The summed E-state index contributed by atoms with van der Waals surface area (Å²) in [6.07, 6.45) is 9.48. The molecule has 3 nitrogen and oxygen atoms in total. The maximum absolute atomic E-state index is 12.4. The summed E-state index contributed by atoms with van der Waals surface area (Å²) in [6.45, 7) is 4.66. The van der Waals surface area contributed by atoms with Crippen molar-refractivity contribution in [1.29, 1.82) is 0 Å². The van der Waals surface area contributed by atoms with Crippen LogP contribution >= 0.6 is 0 Å². The fourth-order valence-electron chi connectivity index (χ4n) is 3.64. The first-order valence-corrected chi connectivity index (χ1v) is 9.00.